The molecule has 0 spiro atoms. The smallest absolute Gasteiger partial charge is 0.130 e. The van der Waals surface area contributed by atoms with Gasteiger partial charge in [-0.05, 0) is 37.5 Å². The third kappa shape index (κ3) is 3.97. The molecule has 28 heavy (non-hydrogen) atoms. The normalized spacial score (nSPS) is 10.9. The molecule has 0 aliphatic rings. The summed E-state index contributed by atoms with van der Waals surface area (Å²) in [6.07, 6.45) is 4.36. The summed E-state index contributed by atoms with van der Waals surface area (Å²) in [5.41, 5.74) is 4.52. The highest BCUT2D eigenvalue weighted by Crippen LogP contribution is 2.30. The maximum absolute atomic E-state index is 5.54. The molecule has 0 radical (unpaired) electrons. The van der Waals surface area contributed by atoms with Gasteiger partial charge in [-0.3, -0.25) is 4.98 Å². The van der Waals surface area contributed by atoms with Crippen LogP contribution in [0.25, 0.3) is 21.5 Å². The Kier molecular flexibility index (Phi) is 5.48. The first-order valence-electron chi connectivity index (χ1n) is 9.35. The van der Waals surface area contributed by atoms with Crippen LogP contribution in [0.3, 0.4) is 0 Å². The lowest BCUT2D eigenvalue weighted by Crippen LogP contribution is -2.07. The number of hydrogen-bond donors (Lipinski definition) is 1. The summed E-state index contributed by atoms with van der Waals surface area (Å²) in [5, 5.41) is 6.60. The molecule has 5 nitrogen and oxygen atoms in total. The highest BCUT2D eigenvalue weighted by molar-refractivity contribution is 7.13. The van der Waals surface area contributed by atoms with Crippen LogP contribution in [0.4, 0.5) is 5.82 Å². The van der Waals surface area contributed by atoms with E-state index < -0.39 is 0 Å². The average molecular weight is 391 g/mol. The van der Waals surface area contributed by atoms with Gasteiger partial charge in [0, 0.05) is 35.6 Å². The van der Waals surface area contributed by atoms with Crippen molar-refractivity contribution in [2.24, 2.45) is 0 Å². The van der Waals surface area contributed by atoms with E-state index >= 15 is 0 Å². The Bertz CT molecular complexity index is 1090. The third-order valence-corrected chi connectivity index (χ3v) is 5.58. The zero-order valence-electron chi connectivity index (χ0n) is 16.0. The van der Waals surface area contributed by atoms with Crippen LogP contribution in [-0.2, 0) is 6.42 Å². The van der Waals surface area contributed by atoms with E-state index in [1.54, 1.807) is 17.7 Å². The number of ether oxygens (including phenoxy) is 1. The summed E-state index contributed by atoms with van der Waals surface area (Å²) in [4.78, 5) is 14.3. The molecule has 4 rings (SSSR count). The van der Waals surface area contributed by atoms with E-state index in [2.05, 4.69) is 45.4 Å². The Balaban J connectivity index is 1.43. The lowest BCUT2D eigenvalue weighted by atomic mass is 10.0. The summed E-state index contributed by atoms with van der Waals surface area (Å²) in [6, 6.07) is 12.4. The fourth-order valence-corrected chi connectivity index (χ4v) is 4.01. The number of hydrogen-bond acceptors (Lipinski definition) is 6. The van der Waals surface area contributed by atoms with Crippen molar-refractivity contribution in [1.82, 2.24) is 15.0 Å². The van der Waals surface area contributed by atoms with Gasteiger partial charge in [0.25, 0.3) is 0 Å². The van der Waals surface area contributed by atoms with Gasteiger partial charge < -0.3 is 10.1 Å². The molecule has 4 aromatic rings. The molecule has 0 saturated carbocycles. The highest BCUT2D eigenvalue weighted by atomic mass is 32.1. The molecular weight excluding hydrogens is 368 g/mol. The molecule has 0 atom stereocenters. The van der Waals surface area contributed by atoms with Crippen molar-refractivity contribution in [1.29, 1.82) is 0 Å². The van der Waals surface area contributed by atoms with Gasteiger partial charge in [0.15, 0.2) is 0 Å². The fraction of sp³-hybridized carbons (Fsp3) is 0.227. The van der Waals surface area contributed by atoms with Gasteiger partial charge in [0.2, 0.25) is 0 Å². The molecule has 3 heterocycles. The van der Waals surface area contributed by atoms with E-state index in [1.807, 2.05) is 36.7 Å². The van der Waals surface area contributed by atoms with Crippen LogP contribution >= 0.6 is 11.3 Å². The van der Waals surface area contributed by atoms with E-state index in [4.69, 9.17) is 4.74 Å². The van der Waals surface area contributed by atoms with Gasteiger partial charge in [0.05, 0.1) is 22.7 Å². The van der Waals surface area contributed by atoms with E-state index in [-0.39, 0.29) is 0 Å². The zero-order chi connectivity index (χ0) is 19.3. The lowest BCUT2D eigenvalue weighted by molar-refractivity contribution is 0.342. The minimum atomic E-state index is 0.663. The number of fused-ring (bicyclic) bond motifs is 1. The Hall–Kier alpha value is -2.99. The highest BCUT2D eigenvalue weighted by Gasteiger charge is 2.07. The molecule has 0 aliphatic heterocycles. The first-order chi connectivity index (χ1) is 13.7. The van der Waals surface area contributed by atoms with Crippen LogP contribution in [0, 0.1) is 6.92 Å². The maximum Gasteiger partial charge on any atom is 0.130 e. The second-order valence-corrected chi connectivity index (χ2v) is 7.38. The fourth-order valence-electron chi connectivity index (χ4n) is 3.21. The zero-order valence-corrected chi connectivity index (χ0v) is 16.8. The molecule has 0 amide bonds. The van der Waals surface area contributed by atoms with Crippen molar-refractivity contribution in [3.05, 3.63) is 65.4 Å². The van der Waals surface area contributed by atoms with Crippen molar-refractivity contribution >= 4 is 28.1 Å². The predicted octanol–water partition coefficient (Wildman–Crippen LogP) is 5.12. The van der Waals surface area contributed by atoms with Gasteiger partial charge in [-0.15, -0.1) is 11.3 Å². The minimum absolute atomic E-state index is 0.663. The van der Waals surface area contributed by atoms with E-state index in [1.165, 1.54) is 16.5 Å². The third-order valence-electron chi connectivity index (χ3n) is 4.65. The predicted molar refractivity (Wildman–Crippen MR) is 115 cm³/mol. The van der Waals surface area contributed by atoms with E-state index in [0.717, 1.165) is 40.6 Å². The maximum atomic E-state index is 5.54. The largest absolute Gasteiger partial charge is 0.493 e. The molecule has 3 aromatic heterocycles. The molecular formula is C22H22N4OS. The van der Waals surface area contributed by atoms with Crippen molar-refractivity contribution < 1.29 is 4.74 Å². The molecule has 1 aromatic carbocycles. The van der Waals surface area contributed by atoms with E-state index in [9.17, 15) is 0 Å². The summed E-state index contributed by atoms with van der Waals surface area (Å²) >= 11 is 1.63. The summed E-state index contributed by atoms with van der Waals surface area (Å²) in [6.45, 7) is 5.58. The van der Waals surface area contributed by atoms with Gasteiger partial charge >= 0.3 is 0 Å². The number of benzene rings is 1. The van der Waals surface area contributed by atoms with Crippen LogP contribution in [-0.4, -0.2) is 28.1 Å². The van der Waals surface area contributed by atoms with Crippen molar-refractivity contribution in [2.45, 2.75) is 20.3 Å². The van der Waals surface area contributed by atoms with Crippen LogP contribution in [0.1, 0.15) is 18.1 Å². The van der Waals surface area contributed by atoms with Gasteiger partial charge in [-0.25, -0.2) is 9.97 Å². The standard InChI is InChI=1S/C22H22N4OS/c1-3-27-18-11-20(28-13-18)19-12-21(26-14-25-19)23-10-8-16-6-7-17-5-4-9-24-22(17)15(16)2/h4-7,9,11-14H,3,8,10H2,1-2H3,(H,23,25,26). The van der Waals surface area contributed by atoms with Crippen LogP contribution in [0.2, 0.25) is 0 Å². The van der Waals surface area contributed by atoms with E-state index in [0.29, 0.717) is 6.61 Å². The van der Waals surface area contributed by atoms with Crippen molar-refractivity contribution in [3.8, 4) is 16.3 Å². The van der Waals surface area contributed by atoms with Gasteiger partial charge in [0.1, 0.15) is 17.9 Å². The van der Waals surface area contributed by atoms with Crippen molar-refractivity contribution in [3.63, 3.8) is 0 Å². The number of thiophene rings is 1. The second kappa shape index (κ2) is 8.35. The number of rotatable bonds is 7. The van der Waals surface area contributed by atoms with Crippen LogP contribution in [0.15, 0.2) is 54.3 Å². The minimum Gasteiger partial charge on any atom is -0.493 e. The van der Waals surface area contributed by atoms with Gasteiger partial charge in [-0.1, -0.05) is 18.2 Å². The molecule has 0 bridgehead atoms. The quantitative estimate of drug-likeness (QED) is 0.475. The summed E-state index contributed by atoms with van der Waals surface area (Å²) < 4.78 is 5.54. The SMILES string of the molecule is CCOc1csc(-c2cc(NCCc3ccc4cccnc4c3C)ncn2)c1. The molecule has 142 valence electrons. The molecule has 0 saturated heterocycles. The van der Waals surface area contributed by atoms with Crippen LogP contribution in [0.5, 0.6) is 5.75 Å². The average Bonchev–Trinajstić information content (AvgIpc) is 3.19. The Labute approximate surface area is 168 Å². The summed E-state index contributed by atoms with van der Waals surface area (Å²) in [5.74, 6) is 1.71. The molecule has 0 fully saturated rings. The second-order valence-electron chi connectivity index (χ2n) is 6.47. The molecule has 6 heteroatoms. The molecule has 0 unspecified atom stereocenters. The number of anilines is 1. The van der Waals surface area contributed by atoms with Crippen LogP contribution < -0.4 is 10.1 Å². The van der Waals surface area contributed by atoms with Gasteiger partial charge in [-0.2, -0.15) is 0 Å². The summed E-state index contributed by atoms with van der Waals surface area (Å²) in [7, 11) is 0. The Morgan fingerprint density at radius 2 is 2.04 bits per heavy atom. The number of aryl methyl sites for hydroxylation is 1. The molecule has 0 aliphatic carbocycles. The topological polar surface area (TPSA) is 59.9 Å². The molecule has 1 N–H and O–H groups in total. The number of pyridine rings is 1. The lowest BCUT2D eigenvalue weighted by Gasteiger charge is -2.10. The Morgan fingerprint density at radius 1 is 1.11 bits per heavy atom. The number of nitrogens with one attached hydrogen (secondary N) is 1. The number of nitrogens with zero attached hydrogens (tertiary/aromatic N) is 3. The van der Waals surface area contributed by atoms with Crippen molar-refractivity contribution in [2.75, 3.05) is 18.5 Å². The number of aromatic nitrogens is 3. The Morgan fingerprint density at radius 3 is 2.93 bits per heavy atom. The monoisotopic (exact) mass is 390 g/mol. The first kappa shape index (κ1) is 18.4. The first-order valence-corrected chi connectivity index (χ1v) is 10.2.